The molecule has 1 aromatic rings. The zero-order chi connectivity index (χ0) is 13.2. The van der Waals surface area contributed by atoms with Crippen molar-refractivity contribution in [3.8, 4) is 0 Å². The predicted octanol–water partition coefficient (Wildman–Crippen LogP) is 2.39. The first-order valence-electron chi connectivity index (χ1n) is 4.51. The van der Waals surface area contributed by atoms with Gasteiger partial charge in [0.25, 0.3) is 0 Å². The minimum Gasteiger partial charge on any atom is -0.481 e. The van der Waals surface area contributed by atoms with Crippen molar-refractivity contribution < 1.29 is 23.5 Å². The number of carbonyl (C=O) groups excluding carboxylic acids is 1. The van der Waals surface area contributed by atoms with Gasteiger partial charge in [-0.2, -0.15) is 0 Å². The van der Waals surface area contributed by atoms with E-state index in [2.05, 4.69) is 21.2 Å². The van der Waals surface area contributed by atoms with Crippen molar-refractivity contribution in [1.82, 2.24) is 0 Å². The van der Waals surface area contributed by atoms with Crippen molar-refractivity contribution >= 4 is 33.5 Å². The van der Waals surface area contributed by atoms with Crippen molar-refractivity contribution in [2.24, 2.45) is 5.92 Å². The Balaban J connectivity index is 2.96. The highest BCUT2D eigenvalue weighted by Crippen LogP contribution is 2.27. The third-order valence-corrected chi connectivity index (χ3v) is 2.64. The number of carboxylic acid groups (broad SMARTS) is 1. The average Bonchev–Trinajstić information content (AvgIpc) is 2.21. The summed E-state index contributed by atoms with van der Waals surface area (Å²) in [5, 5.41) is 10.7. The topological polar surface area (TPSA) is 66.4 Å². The number of nitrogens with one attached hydrogen (secondary N) is 1. The van der Waals surface area contributed by atoms with Crippen LogP contribution in [0.15, 0.2) is 16.6 Å². The number of benzene rings is 1. The van der Waals surface area contributed by atoms with Crippen LogP contribution >= 0.6 is 15.9 Å². The predicted molar refractivity (Wildman–Crippen MR) is 59.5 cm³/mol. The molecule has 2 N–H and O–H groups in total. The van der Waals surface area contributed by atoms with Gasteiger partial charge in [0.1, 0.15) is 11.7 Å². The first-order chi connectivity index (χ1) is 7.82. The van der Waals surface area contributed by atoms with Crippen molar-refractivity contribution in [1.29, 1.82) is 0 Å². The van der Waals surface area contributed by atoms with Crippen LogP contribution in [0.5, 0.6) is 0 Å². The molecule has 0 saturated carbocycles. The molecule has 7 heteroatoms. The molecule has 17 heavy (non-hydrogen) atoms. The number of halogens is 3. The maximum absolute atomic E-state index is 13.3. The Morgan fingerprint density at radius 3 is 2.47 bits per heavy atom. The molecule has 0 aliphatic rings. The molecule has 92 valence electrons. The lowest BCUT2D eigenvalue weighted by molar-refractivity contribution is -0.144. The van der Waals surface area contributed by atoms with Crippen molar-refractivity contribution in [2.75, 3.05) is 5.32 Å². The Bertz CT molecular complexity index is 456. The van der Waals surface area contributed by atoms with E-state index >= 15 is 0 Å². The van der Waals surface area contributed by atoms with Gasteiger partial charge in [-0.1, -0.05) is 0 Å². The summed E-state index contributed by atoms with van der Waals surface area (Å²) in [4.78, 5) is 21.9. The second-order valence-electron chi connectivity index (χ2n) is 3.29. The lowest BCUT2D eigenvalue weighted by Crippen LogP contribution is -2.27. The molecule has 0 aliphatic carbocycles. The largest absolute Gasteiger partial charge is 0.481 e. The zero-order valence-corrected chi connectivity index (χ0v) is 10.2. The number of amides is 1. The molecule has 1 unspecified atom stereocenters. The molecule has 1 atom stereocenters. The number of aliphatic carboxylic acids is 1. The average molecular weight is 308 g/mol. The van der Waals surface area contributed by atoms with E-state index in [9.17, 15) is 18.4 Å². The first kappa shape index (κ1) is 13.6. The fourth-order valence-corrected chi connectivity index (χ4v) is 1.51. The fraction of sp³-hybridized carbons (Fsp3) is 0.200. The van der Waals surface area contributed by atoms with Crippen LogP contribution in [-0.2, 0) is 9.59 Å². The summed E-state index contributed by atoms with van der Waals surface area (Å²) in [5.74, 6) is -5.34. The molecule has 0 aromatic heterocycles. The molecular weight excluding hydrogens is 300 g/mol. The molecule has 0 bridgehead atoms. The second-order valence-corrected chi connectivity index (χ2v) is 4.15. The normalized spacial score (nSPS) is 12.0. The third-order valence-electron chi connectivity index (χ3n) is 2.02. The Labute approximate surface area is 104 Å². The van der Waals surface area contributed by atoms with Gasteiger partial charge < -0.3 is 10.4 Å². The van der Waals surface area contributed by atoms with Gasteiger partial charge in [-0.15, -0.1) is 0 Å². The quantitative estimate of drug-likeness (QED) is 0.843. The number of carbonyl (C=O) groups is 2. The molecular formula is C10H8BrF2NO3. The van der Waals surface area contributed by atoms with Crippen molar-refractivity contribution in [3.05, 3.63) is 28.2 Å². The minimum absolute atomic E-state index is 0.000869. The van der Waals surface area contributed by atoms with Gasteiger partial charge in [0.2, 0.25) is 5.91 Å². The van der Waals surface area contributed by atoms with Crippen LogP contribution in [-0.4, -0.2) is 17.0 Å². The van der Waals surface area contributed by atoms with E-state index < -0.39 is 29.4 Å². The lowest BCUT2D eigenvalue weighted by atomic mass is 10.1. The van der Waals surface area contributed by atoms with Crippen LogP contribution in [0.2, 0.25) is 0 Å². The van der Waals surface area contributed by atoms with Gasteiger partial charge >= 0.3 is 5.97 Å². The highest BCUT2D eigenvalue weighted by atomic mass is 79.9. The third kappa shape index (κ3) is 3.23. The van der Waals surface area contributed by atoms with E-state index in [1.807, 2.05) is 0 Å². The number of hydrogen-bond donors (Lipinski definition) is 2. The Kier molecular flexibility index (Phi) is 4.17. The van der Waals surface area contributed by atoms with Gasteiger partial charge in [0.05, 0.1) is 5.69 Å². The van der Waals surface area contributed by atoms with Gasteiger partial charge in [0.15, 0.2) is 5.82 Å². The van der Waals surface area contributed by atoms with E-state index in [4.69, 9.17) is 5.11 Å². The summed E-state index contributed by atoms with van der Waals surface area (Å²) in [6.07, 6.45) is 0. The highest BCUT2D eigenvalue weighted by molar-refractivity contribution is 9.10. The maximum Gasteiger partial charge on any atom is 0.315 e. The number of anilines is 1. The maximum atomic E-state index is 13.3. The summed E-state index contributed by atoms with van der Waals surface area (Å²) in [7, 11) is 0. The number of hydrogen-bond acceptors (Lipinski definition) is 2. The lowest BCUT2D eigenvalue weighted by Gasteiger charge is -2.10. The molecule has 0 saturated heterocycles. The van der Waals surface area contributed by atoms with Crippen LogP contribution < -0.4 is 5.32 Å². The molecule has 1 aromatic carbocycles. The van der Waals surface area contributed by atoms with Crippen molar-refractivity contribution in [2.45, 2.75) is 6.92 Å². The van der Waals surface area contributed by atoms with Gasteiger partial charge in [-0.25, -0.2) is 8.78 Å². The van der Waals surface area contributed by atoms with Crippen LogP contribution in [0.3, 0.4) is 0 Å². The van der Waals surface area contributed by atoms with Crippen molar-refractivity contribution in [3.63, 3.8) is 0 Å². The standard InChI is InChI=1S/C10H8BrF2NO3/c1-4(10(16)17)9(15)14-8-6(11)2-5(12)3-7(8)13/h2-4H,1H3,(H,14,15)(H,16,17). The Hall–Kier alpha value is -1.50. The fourth-order valence-electron chi connectivity index (χ4n) is 1.01. The summed E-state index contributed by atoms with van der Waals surface area (Å²) in [6, 6.07) is 1.55. The summed E-state index contributed by atoms with van der Waals surface area (Å²) < 4.78 is 26.1. The van der Waals surface area contributed by atoms with E-state index in [1.165, 1.54) is 0 Å². The second kappa shape index (κ2) is 5.22. The van der Waals surface area contributed by atoms with E-state index in [-0.39, 0.29) is 10.2 Å². The smallest absolute Gasteiger partial charge is 0.315 e. The Morgan fingerprint density at radius 1 is 1.41 bits per heavy atom. The molecule has 1 amide bonds. The van der Waals surface area contributed by atoms with E-state index in [0.29, 0.717) is 6.07 Å². The summed E-state index contributed by atoms with van der Waals surface area (Å²) >= 11 is 2.87. The molecule has 4 nitrogen and oxygen atoms in total. The molecule has 0 fully saturated rings. The molecule has 0 spiro atoms. The zero-order valence-electron chi connectivity index (χ0n) is 8.63. The highest BCUT2D eigenvalue weighted by Gasteiger charge is 2.22. The van der Waals surface area contributed by atoms with Crippen LogP contribution in [0, 0.1) is 17.6 Å². The SMILES string of the molecule is CC(C(=O)O)C(=O)Nc1c(F)cc(F)cc1Br. The summed E-state index contributed by atoms with van der Waals surface area (Å²) in [6.45, 7) is 1.16. The van der Waals surface area contributed by atoms with Crippen LogP contribution in [0.25, 0.3) is 0 Å². The summed E-state index contributed by atoms with van der Waals surface area (Å²) in [5.41, 5.74) is -0.287. The number of rotatable bonds is 3. The minimum atomic E-state index is -1.33. The monoisotopic (exact) mass is 307 g/mol. The molecule has 1 rings (SSSR count). The van der Waals surface area contributed by atoms with E-state index in [0.717, 1.165) is 13.0 Å². The molecule has 0 radical (unpaired) electrons. The van der Waals surface area contributed by atoms with Gasteiger partial charge in [0, 0.05) is 10.5 Å². The molecule has 0 aliphatic heterocycles. The Morgan fingerprint density at radius 2 is 2.00 bits per heavy atom. The first-order valence-corrected chi connectivity index (χ1v) is 5.30. The molecule has 0 heterocycles. The van der Waals surface area contributed by atoms with Gasteiger partial charge in [-0.05, 0) is 28.9 Å². The van der Waals surface area contributed by atoms with Crippen LogP contribution in [0.4, 0.5) is 14.5 Å². The van der Waals surface area contributed by atoms with Crippen LogP contribution in [0.1, 0.15) is 6.92 Å². The number of carboxylic acids is 1. The van der Waals surface area contributed by atoms with Gasteiger partial charge in [-0.3, -0.25) is 9.59 Å². The van der Waals surface area contributed by atoms with E-state index in [1.54, 1.807) is 0 Å².